The van der Waals surface area contributed by atoms with Crippen LogP contribution < -0.4 is 4.72 Å². The Kier molecular flexibility index (Phi) is 4.34. The first-order valence-electron chi connectivity index (χ1n) is 7.30. The van der Waals surface area contributed by atoms with Crippen LogP contribution in [0, 0.1) is 13.8 Å². The van der Waals surface area contributed by atoms with Gasteiger partial charge in [-0.15, -0.1) is 0 Å². The molecule has 0 aliphatic carbocycles. The van der Waals surface area contributed by atoms with E-state index in [1.807, 2.05) is 38.1 Å². The van der Waals surface area contributed by atoms with Gasteiger partial charge in [0.05, 0.1) is 4.90 Å². The molecule has 1 N–H and O–H groups in total. The summed E-state index contributed by atoms with van der Waals surface area (Å²) in [5.41, 5.74) is 3.84. The lowest BCUT2D eigenvalue weighted by molar-refractivity contribution is 0.586. The number of sulfonamides is 1. The molecule has 0 radical (unpaired) electrons. The summed E-state index contributed by atoms with van der Waals surface area (Å²) in [6.45, 7) is 10.3. The van der Waals surface area contributed by atoms with Crippen molar-refractivity contribution in [3.8, 4) is 0 Å². The van der Waals surface area contributed by atoms with Gasteiger partial charge in [0, 0.05) is 5.69 Å². The van der Waals surface area contributed by atoms with E-state index in [2.05, 4.69) is 25.5 Å². The van der Waals surface area contributed by atoms with Gasteiger partial charge >= 0.3 is 0 Å². The van der Waals surface area contributed by atoms with Crippen LogP contribution in [0.1, 0.15) is 37.5 Å². The summed E-state index contributed by atoms with van der Waals surface area (Å²) >= 11 is 0. The van der Waals surface area contributed by atoms with Crippen molar-refractivity contribution in [3.63, 3.8) is 0 Å². The van der Waals surface area contributed by atoms with Gasteiger partial charge in [-0.25, -0.2) is 8.42 Å². The minimum Gasteiger partial charge on any atom is -0.280 e. The predicted molar refractivity (Wildman–Crippen MR) is 91.9 cm³/mol. The fourth-order valence-corrected chi connectivity index (χ4v) is 3.72. The fourth-order valence-electron chi connectivity index (χ4n) is 2.57. The molecule has 2 aromatic rings. The first-order chi connectivity index (χ1) is 10.1. The number of hydrogen-bond donors (Lipinski definition) is 1. The van der Waals surface area contributed by atoms with Crippen LogP contribution in [0.4, 0.5) is 5.69 Å². The van der Waals surface area contributed by atoms with Crippen molar-refractivity contribution in [2.75, 3.05) is 4.72 Å². The smallest absolute Gasteiger partial charge is 0.261 e. The number of rotatable bonds is 3. The Hall–Kier alpha value is -1.81. The molecule has 2 rings (SSSR count). The Morgan fingerprint density at radius 1 is 0.955 bits per heavy atom. The Bertz CT molecular complexity index is 787. The Balaban J connectivity index is 2.33. The quantitative estimate of drug-likeness (QED) is 0.912. The lowest BCUT2D eigenvalue weighted by Crippen LogP contribution is -2.15. The lowest BCUT2D eigenvalue weighted by Gasteiger charge is -2.22. The molecule has 0 heterocycles. The molecule has 0 saturated heterocycles. The van der Waals surface area contributed by atoms with Gasteiger partial charge in [0.1, 0.15) is 0 Å². The van der Waals surface area contributed by atoms with Gasteiger partial charge in [0.15, 0.2) is 0 Å². The largest absolute Gasteiger partial charge is 0.280 e. The van der Waals surface area contributed by atoms with Crippen LogP contribution in [-0.4, -0.2) is 8.42 Å². The topological polar surface area (TPSA) is 46.2 Å². The maximum absolute atomic E-state index is 12.4. The lowest BCUT2D eigenvalue weighted by atomic mass is 9.84. The van der Waals surface area contributed by atoms with E-state index in [1.54, 1.807) is 18.2 Å². The zero-order valence-electron chi connectivity index (χ0n) is 13.8. The van der Waals surface area contributed by atoms with Gasteiger partial charge < -0.3 is 0 Å². The van der Waals surface area contributed by atoms with Gasteiger partial charge in [-0.1, -0.05) is 39.0 Å². The molecule has 3 nitrogen and oxygen atoms in total. The van der Waals surface area contributed by atoms with Crippen molar-refractivity contribution in [1.29, 1.82) is 0 Å². The van der Waals surface area contributed by atoms with Crippen LogP contribution in [0.3, 0.4) is 0 Å². The summed E-state index contributed by atoms with van der Waals surface area (Å²) in [7, 11) is -3.55. The second-order valence-corrected chi connectivity index (χ2v) is 8.38. The molecule has 0 saturated carbocycles. The van der Waals surface area contributed by atoms with Gasteiger partial charge in [0.2, 0.25) is 0 Å². The molecule has 118 valence electrons. The third-order valence-corrected chi connectivity index (χ3v) is 4.97. The van der Waals surface area contributed by atoms with E-state index in [0.717, 1.165) is 11.1 Å². The van der Waals surface area contributed by atoms with E-state index in [1.165, 1.54) is 5.56 Å². The molecule has 0 aromatic heterocycles. The number of nitrogens with one attached hydrogen (secondary N) is 1. The normalized spacial score (nSPS) is 12.2. The zero-order chi connectivity index (χ0) is 16.5. The average molecular weight is 317 g/mol. The van der Waals surface area contributed by atoms with E-state index in [9.17, 15) is 8.42 Å². The molecule has 0 unspecified atom stereocenters. The van der Waals surface area contributed by atoms with Crippen molar-refractivity contribution in [2.45, 2.75) is 44.9 Å². The minimum atomic E-state index is -3.55. The van der Waals surface area contributed by atoms with Crippen LogP contribution in [0.25, 0.3) is 0 Å². The van der Waals surface area contributed by atoms with E-state index < -0.39 is 10.0 Å². The molecule has 0 aliphatic rings. The highest BCUT2D eigenvalue weighted by Crippen LogP contribution is 2.28. The zero-order valence-corrected chi connectivity index (χ0v) is 14.6. The molecule has 0 amide bonds. The molecule has 2 aromatic carbocycles. The monoisotopic (exact) mass is 317 g/mol. The summed E-state index contributed by atoms with van der Waals surface area (Å²) < 4.78 is 27.5. The average Bonchev–Trinajstić information content (AvgIpc) is 2.36. The summed E-state index contributed by atoms with van der Waals surface area (Å²) in [6, 6.07) is 12.6. The van der Waals surface area contributed by atoms with Crippen molar-refractivity contribution >= 4 is 15.7 Å². The third-order valence-electron chi connectivity index (χ3n) is 3.59. The number of anilines is 1. The van der Waals surface area contributed by atoms with Crippen LogP contribution >= 0.6 is 0 Å². The minimum absolute atomic E-state index is 0.0397. The van der Waals surface area contributed by atoms with Crippen molar-refractivity contribution in [1.82, 2.24) is 0 Å². The fraction of sp³-hybridized carbons (Fsp3) is 0.333. The predicted octanol–water partition coefficient (Wildman–Crippen LogP) is 4.40. The molecule has 0 bridgehead atoms. The molecule has 0 atom stereocenters. The standard InChI is InChI=1S/C18H23NO2S/c1-13-7-6-8-16(11-13)22(20,21)19-15-9-10-17(14(2)12-15)18(3,4)5/h6-12,19H,1-5H3. The van der Waals surface area contributed by atoms with Crippen LogP contribution in [-0.2, 0) is 15.4 Å². The van der Waals surface area contributed by atoms with Gasteiger partial charge in [-0.2, -0.15) is 0 Å². The number of hydrogen-bond acceptors (Lipinski definition) is 2. The molecule has 0 fully saturated rings. The summed E-state index contributed by atoms with van der Waals surface area (Å²) in [6.07, 6.45) is 0. The summed E-state index contributed by atoms with van der Waals surface area (Å²) in [5.74, 6) is 0. The third kappa shape index (κ3) is 3.69. The molecule has 22 heavy (non-hydrogen) atoms. The highest BCUT2D eigenvalue weighted by molar-refractivity contribution is 7.92. The van der Waals surface area contributed by atoms with Gasteiger partial charge in [-0.3, -0.25) is 4.72 Å². The van der Waals surface area contributed by atoms with Crippen molar-refractivity contribution in [2.24, 2.45) is 0 Å². The molecule has 4 heteroatoms. The first-order valence-corrected chi connectivity index (χ1v) is 8.78. The van der Waals surface area contributed by atoms with Crippen LogP contribution in [0.5, 0.6) is 0 Å². The molecule has 0 aliphatic heterocycles. The Labute approximate surface area is 133 Å². The van der Waals surface area contributed by atoms with Crippen molar-refractivity contribution in [3.05, 3.63) is 59.2 Å². The molecular weight excluding hydrogens is 294 g/mol. The Morgan fingerprint density at radius 2 is 1.64 bits per heavy atom. The molecule has 0 spiro atoms. The second kappa shape index (κ2) is 5.76. The molecular formula is C18H23NO2S. The number of aryl methyl sites for hydroxylation is 2. The Morgan fingerprint density at radius 3 is 2.18 bits per heavy atom. The highest BCUT2D eigenvalue weighted by Gasteiger charge is 2.18. The van der Waals surface area contributed by atoms with Crippen molar-refractivity contribution < 1.29 is 8.42 Å². The summed E-state index contributed by atoms with van der Waals surface area (Å²) in [4.78, 5) is 0.282. The summed E-state index contributed by atoms with van der Waals surface area (Å²) in [5, 5.41) is 0. The maximum atomic E-state index is 12.4. The van der Waals surface area contributed by atoms with E-state index in [-0.39, 0.29) is 10.3 Å². The van der Waals surface area contributed by atoms with E-state index in [0.29, 0.717) is 5.69 Å². The van der Waals surface area contributed by atoms with Crippen LogP contribution in [0.15, 0.2) is 47.4 Å². The highest BCUT2D eigenvalue weighted by atomic mass is 32.2. The van der Waals surface area contributed by atoms with Crippen LogP contribution in [0.2, 0.25) is 0 Å². The number of benzene rings is 2. The van der Waals surface area contributed by atoms with Gasteiger partial charge in [-0.05, 0) is 60.2 Å². The van der Waals surface area contributed by atoms with E-state index in [4.69, 9.17) is 0 Å². The van der Waals surface area contributed by atoms with Gasteiger partial charge in [0.25, 0.3) is 10.0 Å². The first kappa shape index (κ1) is 16.6. The maximum Gasteiger partial charge on any atom is 0.261 e. The SMILES string of the molecule is Cc1cccc(S(=O)(=O)Nc2ccc(C(C)(C)C)c(C)c2)c1. The second-order valence-electron chi connectivity index (χ2n) is 6.70. The van der Waals surface area contributed by atoms with E-state index >= 15 is 0 Å².